The molecule has 0 radical (unpaired) electrons. The molecule has 2 aromatic rings. The number of nitrogens with one attached hydrogen (secondary N) is 2. The van der Waals surface area contributed by atoms with Crippen molar-refractivity contribution < 1.29 is 14.7 Å². The second-order valence-corrected chi connectivity index (χ2v) is 6.41. The first-order chi connectivity index (χ1) is 13.1. The van der Waals surface area contributed by atoms with E-state index in [1.807, 2.05) is 60.7 Å². The van der Waals surface area contributed by atoms with Crippen LogP contribution < -0.4 is 16.4 Å². The lowest BCUT2D eigenvalue weighted by Gasteiger charge is -2.21. The Kier molecular flexibility index (Phi) is 8.32. The van der Waals surface area contributed by atoms with Crippen LogP contribution in [-0.4, -0.2) is 36.2 Å². The molecule has 27 heavy (non-hydrogen) atoms. The molecule has 2 amide bonds. The van der Waals surface area contributed by atoms with Gasteiger partial charge in [0, 0.05) is 12.5 Å². The predicted octanol–water partition coefficient (Wildman–Crippen LogP) is 2.70. The number of nitrogens with two attached hydrogens (primary N) is 1. The standard InChI is InChI=1S/C21H27N3O3/c22-14-8-7-13-19(24-21(26)27)20(25)23-15-18(16-9-3-1-4-10-16)17-11-5-2-6-12-17/h1-6,9-12,18-19,24H,7-8,13-15,22H2,(H,23,25)(H,26,27)/t19-/m1/s1. The molecule has 0 saturated carbocycles. The minimum absolute atomic E-state index is 0.00845. The van der Waals surface area contributed by atoms with Gasteiger partial charge in [-0.1, -0.05) is 60.7 Å². The topological polar surface area (TPSA) is 104 Å². The third kappa shape index (κ3) is 6.75. The lowest BCUT2D eigenvalue weighted by atomic mass is 9.91. The van der Waals surface area contributed by atoms with E-state index in [9.17, 15) is 9.59 Å². The largest absolute Gasteiger partial charge is 0.465 e. The SMILES string of the molecule is NCCCC[C@@H](NC(=O)O)C(=O)NCC(c1ccccc1)c1ccccc1. The van der Waals surface area contributed by atoms with E-state index in [0.29, 0.717) is 25.9 Å². The third-order valence-corrected chi connectivity index (χ3v) is 4.45. The van der Waals surface area contributed by atoms with Gasteiger partial charge in [-0.05, 0) is 36.9 Å². The van der Waals surface area contributed by atoms with E-state index in [-0.39, 0.29) is 11.8 Å². The van der Waals surface area contributed by atoms with Crippen molar-refractivity contribution in [3.05, 3.63) is 71.8 Å². The van der Waals surface area contributed by atoms with Gasteiger partial charge in [0.25, 0.3) is 0 Å². The molecule has 0 aliphatic heterocycles. The Morgan fingerprint density at radius 2 is 1.48 bits per heavy atom. The first-order valence-corrected chi connectivity index (χ1v) is 9.19. The maximum absolute atomic E-state index is 12.6. The maximum atomic E-state index is 12.6. The van der Waals surface area contributed by atoms with Crippen LogP contribution in [0, 0.1) is 0 Å². The van der Waals surface area contributed by atoms with Crippen LogP contribution in [0.2, 0.25) is 0 Å². The number of carbonyl (C=O) groups is 2. The smallest absolute Gasteiger partial charge is 0.405 e. The third-order valence-electron chi connectivity index (χ3n) is 4.45. The average Bonchev–Trinajstić information content (AvgIpc) is 2.69. The zero-order chi connectivity index (χ0) is 19.5. The molecule has 2 rings (SSSR count). The Bertz CT molecular complexity index is 668. The number of hydrogen-bond acceptors (Lipinski definition) is 3. The minimum Gasteiger partial charge on any atom is -0.465 e. The summed E-state index contributed by atoms with van der Waals surface area (Å²) < 4.78 is 0. The second kappa shape index (κ2) is 11.0. The number of carbonyl (C=O) groups excluding carboxylic acids is 1. The van der Waals surface area contributed by atoms with Gasteiger partial charge in [0.1, 0.15) is 6.04 Å². The quantitative estimate of drug-likeness (QED) is 0.483. The maximum Gasteiger partial charge on any atom is 0.405 e. The molecule has 0 unspecified atom stereocenters. The first-order valence-electron chi connectivity index (χ1n) is 9.19. The summed E-state index contributed by atoms with van der Waals surface area (Å²) in [5.74, 6) is -0.322. The van der Waals surface area contributed by atoms with Crippen LogP contribution >= 0.6 is 0 Å². The first kappa shape index (κ1) is 20.5. The van der Waals surface area contributed by atoms with E-state index in [1.54, 1.807) is 0 Å². The van der Waals surface area contributed by atoms with Gasteiger partial charge < -0.3 is 21.5 Å². The molecule has 2 aromatic carbocycles. The van der Waals surface area contributed by atoms with Gasteiger partial charge in [0.05, 0.1) is 0 Å². The Morgan fingerprint density at radius 3 is 1.96 bits per heavy atom. The van der Waals surface area contributed by atoms with Crippen molar-refractivity contribution in [1.82, 2.24) is 10.6 Å². The molecule has 0 aliphatic rings. The Hall–Kier alpha value is -2.86. The highest BCUT2D eigenvalue weighted by Gasteiger charge is 2.22. The summed E-state index contributed by atoms with van der Waals surface area (Å²) >= 11 is 0. The van der Waals surface area contributed by atoms with Crippen LogP contribution in [0.15, 0.2) is 60.7 Å². The van der Waals surface area contributed by atoms with Crippen molar-refractivity contribution in [1.29, 1.82) is 0 Å². The normalized spacial score (nSPS) is 11.8. The molecule has 0 spiro atoms. The molecule has 6 nitrogen and oxygen atoms in total. The van der Waals surface area contributed by atoms with Crippen molar-refractivity contribution in [2.75, 3.05) is 13.1 Å². The molecule has 5 N–H and O–H groups in total. The van der Waals surface area contributed by atoms with Crippen LogP contribution in [-0.2, 0) is 4.79 Å². The van der Waals surface area contributed by atoms with Crippen LogP contribution in [0.25, 0.3) is 0 Å². The highest BCUT2D eigenvalue weighted by atomic mass is 16.4. The summed E-state index contributed by atoms with van der Waals surface area (Å²) in [6.45, 7) is 0.910. The van der Waals surface area contributed by atoms with Gasteiger partial charge >= 0.3 is 6.09 Å². The molecule has 6 heteroatoms. The van der Waals surface area contributed by atoms with E-state index in [0.717, 1.165) is 17.5 Å². The van der Waals surface area contributed by atoms with Crippen molar-refractivity contribution in [2.45, 2.75) is 31.2 Å². The minimum atomic E-state index is -1.20. The summed E-state index contributed by atoms with van der Waals surface area (Å²) in [5, 5.41) is 14.2. The molecule has 0 fully saturated rings. The van der Waals surface area contributed by atoms with Crippen LogP contribution in [0.5, 0.6) is 0 Å². The van der Waals surface area contributed by atoms with Crippen molar-refractivity contribution >= 4 is 12.0 Å². The van der Waals surface area contributed by atoms with Crippen molar-refractivity contribution in [2.24, 2.45) is 5.73 Å². The summed E-state index contributed by atoms with van der Waals surface area (Å²) in [5.41, 5.74) is 7.67. The molecular weight excluding hydrogens is 342 g/mol. The monoisotopic (exact) mass is 369 g/mol. The fraction of sp³-hybridized carbons (Fsp3) is 0.333. The molecule has 0 bridgehead atoms. The molecule has 0 aliphatic carbocycles. The summed E-state index contributed by atoms with van der Waals surface area (Å²) in [7, 11) is 0. The summed E-state index contributed by atoms with van der Waals surface area (Å²) in [6.07, 6.45) is 0.666. The molecule has 144 valence electrons. The lowest BCUT2D eigenvalue weighted by molar-refractivity contribution is -0.123. The van der Waals surface area contributed by atoms with Gasteiger partial charge in [-0.15, -0.1) is 0 Å². The Labute approximate surface area is 159 Å². The fourth-order valence-corrected chi connectivity index (χ4v) is 3.04. The highest BCUT2D eigenvalue weighted by Crippen LogP contribution is 2.23. The predicted molar refractivity (Wildman–Crippen MR) is 106 cm³/mol. The van der Waals surface area contributed by atoms with E-state index in [1.165, 1.54) is 0 Å². The van der Waals surface area contributed by atoms with Crippen molar-refractivity contribution in [3.8, 4) is 0 Å². The Balaban J connectivity index is 2.08. The number of amides is 2. The highest BCUT2D eigenvalue weighted by molar-refractivity contribution is 5.85. The van der Waals surface area contributed by atoms with E-state index in [2.05, 4.69) is 10.6 Å². The molecular formula is C21H27N3O3. The lowest BCUT2D eigenvalue weighted by Crippen LogP contribution is -2.47. The van der Waals surface area contributed by atoms with Crippen LogP contribution in [0.3, 0.4) is 0 Å². The zero-order valence-corrected chi connectivity index (χ0v) is 15.3. The molecule has 0 aromatic heterocycles. The van der Waals surface area contributed by atoms with E-state index in [4.69, 9.17) is 10.8 Å². The number of rotatable bonds is 10. The number of carboxylic acid groups (broad SMARTS) is 1. The van der Waals surface area contributed by atoms with Gasteiger partial charge in [-0.3, -0.25) is 4.79 Å². The Morgan fingerprint density at radius 1 is 0.926 bits per heavy atom. The van der Waals surface area contributed by atoms with Crippen LogP contribution in [0.4, 0.5) is 4.79 Å². The number of hydrogen-bond donors (Lipinski definition) is 4. The molecule has 1 atom stereocenters. The zero-order valence-electron chi connectivity index (χ0n) is 15.3. The number of benzene rings is 2. The molecule has 0 saturated heterocycles. The number of unbranched alkanes of at least 4 members (excludes halogenated alkanes) is 1. The summed E-state index contributed by atoms with van der Waals surface area (Å²) in [4.78, 5) is 23.6. The van der Waals surface area contributed by atoms with Gasteiger partial charge in [-0.2, -0.15) is 0 Å². The van der Waals surface area contributed by atoms with Gasteiger partial charge in [-0.25, -0.2) is 4.79 Å². The van der Waals surface area contributed by atoms with E-state index >= 15 is 0 Å². The van der Waals surface area contributed by atoms with Crippen LogP contribution in [0.1, 0.15) is 36.3 Å². The van der Waals surface area contributed by atoms with Gasteiger partial charge in [0.2, 0.25) is 5.91 Å². The van der Waals surface area contributed by atoms with Gasteiger partial charge in [0.15, 0.2) is 0 Å². The van der Waals surface area contributed by atoms with E-state index < -0.39 is 12.1 Å². The van der Waals surface area contributed by atoms with Crippen molar-refractivity contribution in [3.63, 3.8) is 0 Å². The summed E-state index contributed by atoms with van der Waals surface area (Å²) in [6, 6.07) is 19.1. The second-order valence-electron chi connectivity index (χ2n) is 6.41. The average molecular weight is 369 g/mol. The molecule has 0 heterocycles. The fourth-order valence-electron chi connectivity index (χ4n) is 3.04.